The lowest BCUT2D eigenvalue weighted by molar-refractivity contribution is 0.151. The molecule has 19 heavy (non-hydrogen) atoms. The Morgan fingerprint density at radius 3 is 2.05 bits per heavy atom. The number of alkyl halides is 2. The second-order valence-electron chi connectivity index (χ2n) is 3.78. The number of halogens is 6. The molecule has 0 saturated carbocycles. The van der Waals surface area contributed by atoms with Gasteiger partial charge in [-0.1, -0.05) is 40.9 Å². The molecule has 2 aromatic rings. The number of hydrogen-bond donors (Lipinski definition) is 0. The maximum absolute atomic E-state index is 13.1. The lowest BCUT2D eigenvalue weighted by Crippen LogP contribution is -1.93. The highest BCUT2D eigenvalue weighted by atomic mass is 35.5. The van der Waals surface area contributed by atoms with E-state index < -0.39 is 17.8 Å². The van der Waals surface area contributed by atoms with Crippen molar-refractivity contribution in [3.63, 3.8) is 0 Å². The monoisotopic (exact) mass is 324 g/mol. The van der Waals surface area contributed by atoms with Crippen LogP contribution in [0, 0.1) is 5.82 Å². The first-order chi connectivity index (χ1) is 8.90. The Labute approximate surface area is 122 Å². The zero-order valence-corrected chi connectivity index (χ0v) is 11.5. The molecule has 0 aliphatic rings. The van der Waals surface area contributed by atoms with Gasteiger partial charge < -0.3 is 0 Å². The van der Waals surface area contributed by atoms with Gasteiger partial charge in [0, 0.05) is 16.1 Å². The molecule has 0 spiro atoms. The topological polar surface area (TPSA) is 0 Å². The molecule has 0 bridgehead atoms. The van der Waals surface area contributed by atoms with Gasteiger partial charge in [0.1, 0.15) is 5.82 Å². The summed E-state index contributed by atoms with van der Waals surface area (Å²) in [5, 5.41) is 0.574. The minimum absolute atomic E-state index is 0.125. The van der Waals surface area contributed by atoms with Crippen LogP contribution >= 0.6 is 34.8 Å². The fourth-order valence-electron chi connectivity index (χ4n) is 1.69. The van der Waals surface area contributed by atoms with Crippen LogP contribution in [0.25, 0.3) is 11.1 Å². The Hall–Kier alpha value is -0.900. The highest BCUT2D eigenvalue weighted by Crippen LogP contribution is 2.39. The first kappa shape index (κ1) is 14.5. The minimum Gasteiger partial charge on any atom is -0.207 e. The van der Waals surface area contributed by atoms with Crippen molar-refractivity contribution in [2.45, 2.75) is 6.43 Å². The normalized spacial score (nSPS) is 11.1. The lowest BCUT2D eigenvalue weighted by atomic mass is 9.99. The molecule has 0 amide bonds. The highest BCUT2D eigenvalue weighted by molar-refractivity contribution is 6.44. The van der Waals surface area contributed by atoms with E-state index in [1.54, 1.807) is 0 Å². The predicted molar refractivity (Wildman–Crippen MR) is 71.8 cm³/mol. The van der Waals surface area contributed by atoms with E-state index in [0.717, 1.165) is 12.1 Å². The van der Waals surface area contributed by atoms with Crippen LogP contribution in [0.15, 0.2) is 30.3 Å². The molecule has 0 aliphatic carbocycles. The Kier molecular flexibility index (Phi) is 4.29. The number of rotatable bonds is 2. The molecule has 0 N–H and O–H groups in total. The zero-order valence-electron chi connectivity index (χ0n) is 9.23. The zero-order chi connectivity index (χ0) is 14.2. The van der Waals surface area contributed by atoms with Gasteiger partial charge in [-0.25, -0.2) is 13.2 Å². The van der Waals surface area contributed by atoms with Gasteiger partial charge in [0.05, 0.1) is 10.0 Å². The SMILES string of the molecule is Fc1ccc(-c2cc(Cl)c(Cl)cc2Cl)c(C(F)F)c1. The third kappa shape index (κ3) is 2.99. The summed E-state index contributed by atoms with van der Waals surface area (Å²) in [4.78, 5) is 0. The van der Waals surface area contributed by atoms with Crippen LogP contribution in [0.2, 0.25) is 15.1 Å². The van der Waals surface area contributed by atoms with Gasteiger partial charge in [-0.2, -0.15) is 0 Å². The fraction of sp³-hybridized carbons (Fsp3) is 0.0769. The van der Waals surface area contributed by atoms with Crippen LogP contribution in [-0.2, 0) is 0 Å². The summed E-state index contributed by atoms with van der Waals surface area (Å²) in [6, 6.07) is 5.84. The van der Waals surface area contributed by atoms with Gasteiger partial charge in [-0.15, -0.1) is 0 Å². The Balaban J connectivity index is 2.68. The highest BCUT2D eigenvalue weighted by Gasteiger charge is 2.18. The summed E-state index contributed by atoms with van der Waals surface area (Å²) in [7, 11) is 0. The van der Waals surface area contributed by atoms with Gasteiger partial charge in [0.15, 0.2) is 0 Å². The van der Waals surface area contributed by atoms with Gasteiger partial charge in [0.25, 0.3) is 6.43 Å². The van der Waals surface area contributed by atoms with Crippen LogP contribution in [0.3, 0.4) is 0 Å². The summed E-state index contributed by atoms with van der Waals surface area (Å²) < 4.78 is 38.9. The van der Waals surface area contributed by atoms with Crippen molar-refractivity contribution in [1.29, 1.82) is 0 Å². The Morgan fingerprint density at radius 1 is 0.789 bits per heavy atom. The molecule has 0 atom stereocenters. The quantitative estimate of drug-likeness (QED) is 0.561. The van der Waals surface area contributed by atoms with Crippen LogP contribution < -0.4 is 0 Å². The van der Waals surface area contributed by atoms with E-state index in [1.165, 1.54) is 18.2 Å². The smallest absolute Gasteiger partial charge is 0.207 e. The first-order valence-corrected chi connectivity index (χ1v) is 6.26. The van der Waals surface area contributed by atoms with Crippen molar-refractivity contribution in [2.24, 2.45) is 0 Å². The molecule has 0 heterocycles. The molecule has 0 radical (unpaired) electrons. The van der Waals surface area contributed by atoms with Crippen molar-refractivity contribution in [2.75, 3.05) is 0 Å². The second kappa shape index (κ2) is 5.61. The Bertz CT molecular complexity index is 627. The van der Waals surface area contributed by atoms with E-state index in [9.17, 15) is 13.2 Å². The van der Waals surface area contributed by atoms with Crippen LogP contribution in [-0.4, -0.2) is 0 Å². The molecule has 0 aromatic heterocycles. The third-order valence-corrected chi connectivity index (χ3v) is 3.58. The minimum atomic E-state index is -2.82. The molecule has 2 rings (SSSR count). The maximum Gasteiger partial charge on any atom is 0.264 e. The van der Waals surface area contributed by atoms with E-state index in [0.29, 0.717) is 0 Å². The van der Waals surface area contributed by atoms with Gasteiger partial charge >= 0.3 is 0 Å². The van der Waals surface area contributed by atoms with E-state index in [-0.39, 0.29) is 26.2 Å². The van der Waals surface area contributed by atoms with Crippen LogP contribution in [0.5, 0.6) is 0 Å². The molecule has 0 unspecified atom stereocenters. The van der Waals surface area contributed by atoms with Gasteiger partial charge in [-0.3, -0.25) is 0 Å². The van der Waals surface area contributed by atoms with Gasteiger partial charge in [0.2, 0.25) is 0 Å². The molecular weight excluding hydrogens is 319 g/mol. The predicted octanol–water partition coefficient (Wildman–Crippen LogP) is 6.39. The number of hydrogen-bond acceptors (Lipinski definition) is 0. The van der Waals surface area contributed by atoms with Crippen molar-refractivity contribution in [3.05, 3.63) is 56.8 Å². The fourth-order valence-corrected chi connectivity index (χ4v) is 2.34. The molecule has 0 fully saturated rings. The summed E-state index contributed by atoms with van der Waals surface area (Å²) in [5.41, 5.74) is -0.0355. The summed E-state index contributed by atoms with van der Waals surface area (Å²) >= 11 is 17.6. The second-order valence-corrected chi connectivity index (χ2v) is 5.00. The molecule has 2 aromatic carbocycles. The van der Waals surface area contributed by atoms with Crippen molar-refractivity contribution in [3.8, 4) is 11.1 Å². The summed E-state index contributed by atoms with van der Waals surface area (Å²) in [5.74, 6) is -0.741. The van der Waals surface area contributed by atoms with E-state index in [1.807, 2.05) is 0 Å². The van der Waals surface area contributed by atoms with E-state index in [4.69, 9.17) is 34.8 Å². The van der Waals surface area contributed by atoms with Crippen molar-refractivity contribution in [1.82, 2.24) is 0 Å². The molecular formula is C13H6Cl3F3. The van der Waals surface area contributed by atoms with Crippen LogP contribution in [0.1, 0.15) is 12.0 Å². The third-order valence-electron chi connectivity index (χ3n) is 2.55. The van der Waals surface area contributed by atoms with E-state index in [2.05, 4.69) is 0 Å². The molecule has 100 valence electrons. The average Bonchev–Trinajstić information content (AvgIpc) is 2.34. The average molecular weight is 326 g/mol. The first-order valence-electron chi connectivity index (χ1n) is 5.12. The van der Waals surface area contributed by atoms with Crippen molar-refractivity contribution < 1.29 is 13.2 Å². The summed E-state index contributed by atoms with van der Waals surface area (Å²) in [6.45, 7) is 0. The standard InChI is InChI=1S/C13H6Cl3F3/c14-10-5-12(16)11(15)4-8(10)7-2-1-6(17)3-9(7)13(18)19/h1-5,13H. The molecule has 0 nitrogen and oxygen atoms in total. The molecule has 0 aliphatic heterocycles. The van der Waals surface area contributed by atoms with Crippen molar-refractivity contribution >= 4 is 34.8 Å². The maximum atomic E-state index is 13.1. The largest absolute Gasteiger partial charge is 0.264 e. The molecule has 0 saturated heterocycles. The lowest BCUT2D eigenvalue weighted by Gasteiger charge is -2.12. The van der Waals surface area contributed by atoms with E-state index >= 15 is 0 Å². The van der Waals surface area contributed by atoms with Crippen LogP contribution in [0.4, 0.5) is 13.2 Å². The Morgan fingerprint density at radius 2 is 1.42 bits per heavy atom. The number of benzene rings is 2. The van der Waals surface area contributed by atoms with Gasteiger partial charge in [-0.05, 0) is 29.8 Å². The summed E-state index contributed by atoms with van der Waals surface area (Å²) in [6.07, 6.45) is -2.82. The molecule has 6 heteroatoms.